The SMILES string of the molecule is NCC1CCCCCN1CC1CCOCC1. The molecule has 0 saturated carbocycles. The Morgan fingerprint density at radius 3 is 2.62 bits per heavy atom. The number of ether oxygens (including phenoxy) is 1. The maximum Gasteiger partial charge on any atom is 0.0469 e. The zero-order chi connectivity index (χ0) is 11.2. The standard InChI is InChI=1S/C13H26N2O/c14-10-13-4-2-1-3-7-15(13)11-12-5-8-16-9-6-12/h12-13H,1-11,14H2. The zero-order valence-electron chi connectivity index (χ0n) is 10.4. The van der Waals surface area contributed by atoms with Crippen LogP contribution < -0.4 is 5.73 Å². The topological polar surface area (TPSA) is 38.5 Å². The highest BCUT2D eigenvalue weighted by Gasteiger charge is 2.23. The lowest BCUT2D eigenvalue weighted by Gasteiger charge is -2.33. The Morgan fingerprint density at radius 1 is 1.06 bits per heavy atom. The van der Waals surface area contributed by atoms with Crippen LogP contribution in [0.25, 0.3) is 0 Å². The minimum atomic E-state index is 0.644. The van der Waals surface area contributed by atoms with Gasteiger partial charge in [-0.1, -0.05) is 12.8 Å². The monoisotopic (exact) mass is 226 g/mol. The third kappa shape index (κ3) is 3.44. The second-order valence-electron chi connectivity index (χ2n) is 5.29. The Hall–Kier alpha value is -0.120. The van der Waals surface area contributed by atoms with Gasteiger partial charge in [0, 0.05) is 32.3 Å². The van der Waals surface area contributed by atoms with E-state index in [1.54, 1.807) is 0 Å². The van der Waals surface area contributed by atoms with Crippen molar-refractivity contribution in [2.45, 2.75) is 44.6 Å². The lowest BCUT2D eigenvalue weighted by atomic mass is 9.98. The molecule has 0 bridgehead atoms. The van der Waals surface area contributed by atoms with Crippen molar-refractivity contribution in [3.63, 3.8) is 0 Å². The Balaban J connectivity index is 1.83. The van der Waals surface area contributed by atoms with Crippen LogP contribution in [0.15, 0.2) is 0 Å². The van der Waals surface area contributed by atoms with E-state index in [2.05, 4.69) is 4.90 Å². The Kier molecular flexibility index (Phi) is 5.07. The summed E-state index contributed by atoms with van der Waals surface area (Å²) in [4.78, 5) is 2.66. The lowest BCUT2D eigenvalue weighted by Crippen LogP contribution is -2.43. The van der Waals surface area contributed by atoms with E-state index in [0.717, 1.165) is 25.7 Å². The lowest BCUT2D eigenvalue weighted by molar-refractivity contribution is 0.0463. The van der Waals surface area contributed by atoms with Gasteiger partial charge in [-0.25, -0.2) is 0 Å². The minimum Gasteiger partial charge on any atom is -0.381 e. The van der Waals surface area contributed by atoms with Crippen LogP contribution in [-0.2, 0) is 4.74 Å². The molecule has 2 saturated heterocycles. The Morgan fingerprint density at radius 2 is 1.88 bits per heavy atom. The fourth-order valence-electron chi connectivity index (χ4n) is 3.00. The quantitative estimate of drug-likeness (QED) is 0.794. The van der Waals surface area contributed by atoms with Crippen molar-refractivity contribution in [1.29, 1.82) is 0 Å². The van der Waals surface area contributed by atoms with Crippen molar-refractivity contribution < 1.29 is 4.74 Å². The maximum atomic E-state index is 5.90. The van der Waals surface area contributed by atoms with Crippen molar-refractivity contribution in [2.24, 2.45) is 11.7 Å². The molecule has 0 radical (unpaired) electrons. The van der Waals surface area contributed by atoms with Crippen LogP contribution in [0.1, 0.15) is 38.5 Å². The van der Waals surface area contributed by atoms with Gasteiger partial charge in [0.2, 0.25) is 0 Å². The third-order valence-electron chi connectivity index (χ3n) is 4.10. The molecule has 2 fully saturated rings. The first-order chi connectivity index (χ1) is 7.90. The van der Waals surface area contributed by atoms with Crippen molar-refractivity contribution in [1.82, 2.24) is 4.90 Å². The molecule has 0 aliphatic carbocycles. The molecule has 16 heavy (non-hydrogen) atoms. The van der Waals surface area contributed by atoms with E-state index < -0.39 is 0 Å². The second-order valence-corrected chi connectivity index (χ2v) is 5.29. The average molecular weight is 226 g/mol. The Labute approximate surface area is 99.3 Å². The summed E-state index contributed by atoms with van der Waals surface area (Å²) < 4.78 is 5.42. The van der Waals surface area contributed by atoms with Gasteiger partial charge in [0.1, 0.15) is 0 Å². The van der Waals surface area contributed by atoms with Crippen molar-refractivity contribution in [2.75, 3.05) is 32.8 Å². The number of rotatable bonds is 3. The van der Waals surface area contributed by atoms with Gasteiger partial charge in [0.05, 0.1) is 0 Å². The van der Waals surface area contributed by atoms with E-state index in [-0.39, 0.29) is 0 Å². The van der Waals surface area contributed by atoms with Crippen LogP contribution >= 0.6 is 0 Å². The molecule has 3 nitrogen and oxygen atoms in total. The van der Waals surface area contributed by atoms with Crippen molar-refractivity contribution in [3.05, 3.63) is 0 Å². The third-order valence-corrected chi connectivity index (χ3v) is 4.10. The van der Waals surface area contributed by atoms with Gasteiger partial charge < -0.3 is 10.5 Å². The van der Waals surface area contributed by atoms with Crippen LogP contribution in [0.5, 0.6) is 0 Å². The van der Waals surface area contributed by atoms with E-state index in [0.29, 0.717) is 6.04 Å². The zero-order valence-corrected chi connectivity index (χ0v) is 10.4. The number of nitrogens with two attached hydrogens (primary N) is 1. The van der Waals surface area contributed by atoms with E-state index in [9.17, 15) is 0 Å². The summed E-state index contributed by atoms with van der Waals surface area (Å²) in [5, 5.41) is 0. The molecule has 3 heteroatoms. The van der Waals surface area contributed by atoms with Crippen LogP contribution in [0, 0.1) is 5.92 Å². The minimum absolute atomic E-state index is 0.644. The molecule has 0 spiro atoms. The smallest absolute Gasteiger partial charge is 0.0469 e. The van der Waals surface area contributed by atoms with Gasteiger partial charge in [0.25, 0.3) is 0 Å². The summed E-state index contributed by atoms with van der Waals surface area (Å²) in [5.41, 5.74) is 5.90. The molecular weight excluding hydrogens is 200 g/mol. The molecule has 1 unspecified atom stereocenters. The summed E-state index contributed by atoms with van der Waals surface area (Å²) in [6, 6.07) is 0.644. The van der Waals surface area contributed by atoms with E-state index in [4.69, 9.17) is 10.5 Å². The molecular formula is C13H26N2O. The molecule has 0 aromatic rings. The van der Waals surface area contributed by atoms with Crippen LogP contribution in [0.4, 0.5) is 0 Å². The van der Waals surface area contributed by atoms with Crippen LogP contribution in [0.3, 0.4) is 0 Å². The summed E-state index contributed by atoms with van der Waals surface area (Å²) in [5.74, 6) is 0.848. The first-order valence-electron chi connectivity index (χ1n) is 6.92. The number of nitrogens with zero attached hydrogens (tertiary/aromatic N) is 1. The number of likely N-dealkylation sites (tertiary alicyclic amines) is 1. The summed E-state index contributed by atoms with van der Waals surface area (Å²) in [7, 11) is 0. The molecule has 0 amide bonds. The van der Waals surface area contributed by atoms with Gasteiger partial charge in [-0.2, -0.15) is 0 Å². The highest BCUT2D eigenvalue weighted by Crippen LogP contribution is 2.21. The summed E-state index contributed by atoms with van der Waals surface area (Å²) in [6.45, 7) is 5.28. The van der Waals surface area contributed by atoms with Crippen LogP contribution in [-0.4, -0.2) is 43.8 Å². The average Bonchev–Trinajstić information content (AvgIpc) is 2.55. The first-order valence-corrected chi connectivity index (χ1v) is 6.92. The molecule has 2 aliphatic rings. The number of hydrogen-bond acceptors (Lipinski definition) is 3. The maximum absolute atomic E-state index is 5.90. The fraction of sp³-hybridized carbons (Fsp3) is 1.00. The molecule has 2 rings (SSSR count). The molecule has 2 N–H and O–H groups in total. The largest absolute Gasteiger partial charge is 0.381 e. The second kappa shape index (κ2) is 6.58. The molecule has 0 aromatic carbocycles. The molecule has 1 atom stereocenters. The van der Waals surface area contributed by atoms with Crippen LogP contribution in [0.2, 0.25) is 0 Å². The predicted molar refractivity (Wildman–Crippen MR) is 66.4 cm³/mol. The summed E-state index contributed by atoms with van der Waals surface area (Å²) >= 11 is 0. The summed E-state index contributed by atoms with van der Waals surface area (Å²) in [6.07, 6.45) is 7.91. The molecule has 2 aliphatic heterocycles. The highest BCUT2D eigenvalue weighted by molar-refractivity contribution is 4.79. The predicted octanol–water partition coefficient (Wildman–Crippen LogP) is 1.62. The van der Waals surface area contributed by atoms with Gasteiger partial charge >= 0.3 is 0 Å². The van der Waals surface area contributed by atoms with Gasteiger partial charge in [-0.05, 0) is 38.1 Å². The van der Waals surface area contributed by atoms with E-state index in [1.165, 1.54) is 51.6 Å². The van der Waals surface area contributed by atoms with Crippen molar-refractivity contribution in [3.8, 4) is 0 Å². The fourth-order valence-corrected chi connectivity index (χ4v) is 3.00. The highest BCUT2D eigenvalue weighted by atomic mass is 16.5. The Bertz CT molecular complexity index is 192. The van der Waals surface area contributed by atoms with Gasteiger partial charge in [-0.3, -0.25) is 4.90 Å². The number of hydrogen-bond donors (Lipinski definition) is 1. The van der Waals surface area contributed by atoms with Gasteiger partial charge in [0.15, 0.2) is 0 Å². The molecule has 2 heterocycles. The van der Waals surface area contributed by atoms with E-state index >= 15 is 0 Å². The van der Waals surface area contributed by atoms with Gasteiger partial charge in [-0.15, -0.1) is 0 Å². The molecule has 94 valence electrons. The van der Waals surface area contributed by atoms with Crippen molar-refractivity contribution >= 4 is 0 Å². The first kappa shape index (κ1) is 12.3. The molecule has 0 aromatic heterocycles. The van der Waals surface area contributed by atoms with E-state index in [1.807, 2.05) is 0 Å². The normalized spacial score (nSPS) is 30.2.